The monoisotopic (exact) mass is 300 g/mol. The van der Waals surface area contributed by atoms with Gasteiger partial charge in [0, 0.05) is 11.9 Å². The van der Waals surface area contributed by atoms with E-state index >= 15 is 0 Å². The number of rotatable bonds is 3. The van der Waals surface area contributed by atoms with E-state index in [-0.39, 0.29) is 5.56 Å². The molecule has 0 aliphatic carbocycles. The molecule has 1 N–H and O–H groups in total. The third-order valence-electron chi connectivity index (χ3n) is 3.06. The molecular formula is C15H12N2O3S. The molecule has 3 heterocycles. The molecule has 0 amide bonds. The van der Waals surface area contributed by atoms with E-state index in [4.69, 9.17) is 4.42 Å². The lowest BCUT2D eigenvalue weighted by atomic mass is 10.1. The number of furan rings is 1. The van der Waals surface area contributed by atoms with Crippen LogP contribution in [0.3, 0.4) is 0 Å². The van der Waals surface area contributed by atoms with Crippen LogP contribution in [0, 0.1) is 13.8 Å². The van der Waals surface area contributed by atoms with Crippen molar-refractivity contribution in [1.82, 2.24) is 9.97 Å². The molecule has 0 aliphatic rings. The molecule has 0 saturated carbocycles. The summed E-state index contributed by atoms with van der Waals surface area (Å²) in [5.74, 6) is -0.984. The van der Waals surface area contributed by atoms with Gasteiger partial charge in [-0.05, 0) is 49.4 Å². The average molecular weight is 300 g/mol. The van der Waals surface area contributed by atoms with Crippen molar-refractivity contribution in [3.8, 4) is 0 Å². The zero-order valence-electron chi connectivity index (χ0n) is 11.5. The molecule has 3 rings (SSSR count). The first-order valence-electron chi connectivity index (χ1n) is 6.28. The van der Waals surface area contributed by atoms with Gasteiger partial charge in [-0.3, -0.25) is 0 Å². The summed E-state index contributed by atoms with van der Waals surface area (Å²) in [6, 6.07) is 5.35. The summed E-state index contributed by atoms with van der Waals surface area (Å²) in [6.45, 7) is 3.61. The molecule has 0 radical (unpaired) electrons. The van der Waals surface area contributed by atoms with E-state index in [0.717, 1.165) is 11.1 Å². The molecule has 0 saturated heterocycles. The smallest absolute Gasteiger partial charge is 0.338 e. The lowest BCUT2D eigenvalue weighted by Crippen LogP contribution is -2.05. The van der Waals surface area contributed by atoms with Crippen molar-refractivity contribution in [2.75, 3.05) is 0 Å². The first-order valence-corrected chi connectivity index (χ1v) is 7.09. The van der Waals surface area contributed by atoms with Crippen LogP contribution in [0.15, 0.2) is 45.1 Å². The molecule has 106 valence electrons. The first kappa shape index (κ1) is 13.6. The SMILES string of the molecule is Cc1cc(C)c(C(=O)O)c(Sc2nccc3occc23)n1. The van der Waals surface area contributed by atoms with E-state index in [0.29, 0.717) is 21.2 Å². The summed E-state index contributed by atoms with van der Waals surface area (Å²) in [4.78, 5) is 20.1. The number of hydrogen-bond donors (Lipinski definition) is 1. The topological polar surface area (TPSA) is 76.2 Å². The molecule has 21 heavy (non-hydrogen) atoms. The second kappa shape index (κ2) is 5.21. The number of hydrogen-bond acceptors (Lipinski definition) is 5. The zero-order chi connectivity index (χ0) is 15.0. The van der Waals surface area contributed by atoms with E-state index in [9.17, 15) is 9.90 Å². The molecule has 5 nitrogen and oxygen atoms in total. The minimum absolute atomic E-state index is 0.216. The number of carboxylic acids is 1. The van der Waals surface area contributed by atoms with Gasteiger partial charge in [-0.2, -0.15) is 0 Å². The molecule has 0 fully saturated rings. The molecular weight excluding hydrogens is 288 g/mol. The zero-order valence-corrected chi connectivity index (χ0v) is 12.3. The summed E-state index contributed by atoms with van der Waals surface area (Å²) >= 11 is 1.24. The van der Waals surface area contributed by atoms with Crippen molar-refractivity contribution in [1.29, 1.82) is 0 Å². The lowest BCUT2D eigenvalue weighted by molar-refractivity contribution is 0.0691. The summed E-state index contributed by atoms with van der Waals surface area (Å²) < 4.78 is 5.33. The minimum Gasteiger partial charge on any atom is -0.478 e. The van der Waals surface area contributed by atoms with Gasteiger partial charge in [0.25, 0.3) is 0 Å². The fourth-order valence-electron chi connectivity index (χ4n) is 2.18. The highest BCUT2D eigenvalue weighted by Crippen LogP contribution is 2.34. The fourth-order valence-corrected chi connectivity index (χ4v) is 3.29. The van der Waals surface area contributed by atoms with Crippen LogP contribution in [0.5, 0.6) is 0 Å². The highest BCUT2D eigenvalue weighted by atomic mass is 32.2. The van der Waals surface area contributed by atoms with Crippen molar-refractivity contribution in [2.24, 2.45) is 0 Å². The molecule has 0 bridgehead atoms. The normalized spacial score (nSPS) is 11.0. The van der Waals surface area contributed by atoms with Crippen LogP contribution in [0.25, 0.3) is 11.0 Å². The van der Waals surface area contributed by atoms with Crippen molar-refractivity contribution >= 4 is 28.7 Å². The van der Waals surface area contributed by atoms with Crippen LogP contribution in [-0.4, -0.2) is 21.0 Å². The Balaban J connectivity index is 2.13. The molecule has 0 aliphatic heterocycles. The van der Waals surface area contributed by atoms with Crippen LogP contribution < -0.4 is 0 Å². The fraction of sp³-hybridized carbons (Fsp3) is 0.133. The van der Waals surface area contributed by atoms with E-state index in [2.05, 4.69) is 9.97 Å². The molecule has 0 spiro atoms. The van der Waals surface area contributed by atoms with E-state index in [1.807, 2.05) is 13.0 Å². The molecule has 3 aromatic rings. The van der Waals surface area contributed by atoms with Gasteiger partial charge < -0.3 is 9.52 Å². The van der Waals surface area contributed by atoms with E-state index < -0.39 is 5.97 Å². The maximum Gasteiger partial charge on any atom is 0.338 e. The predicted octanol–water partition coefficient (Wildman–Crippen LogP) is 3.69. The quantitative estimate of drug-likeness (QED) is 0.795. The third kappa shape index (κ3) is 2.50. The van der Waals surface area contributed by atoms with Crippen molar-refractivity contribution < 1.29 is 14.3 Å². The number of aryl methyl sites for hydroxylation is 2. The van der Waals surface area contributed by atoms with Gasteiger partial charge in [0.2, 0.25) is 0 Å². The second-order valence-corrected chi connectivity index (χ2v) is 5.59. The highest BCUT2D eigenvalue weighted by molar-refractivity contribution is 7.99. The first-order chi connectivity index (χ1) is 10.1. The Hall–Kier alpha value is -2.34. The van der Waals surface area contributed by atoms with Gasteiger partial charge in [0.05, 0.1) is 17.2 Å². The van der Waals surface area contributed by atoms with Crippen LogP contribution in [0.1, 0.15) is 21.6 Å². The Labute approximate surface area is 125 Å². The Bertz CT molecular complexity index is 842. The second-order valence-electron chi connectivity index (χ2n) is 4.62. The molecule has 3 aromatic heterocycles. The lowest BCUT2D eigenvalue weighted by Gasteiger charge is -2.09. The number of carboxylic acid groups (broad SMARTS) is 1. The number of fused-ring (bicyclic) bond motifs is 1. The molecule has 0 unspecified atom stereocenters. The van der Waals surface area contributed by atoms with Crippen LogP contribution in [0.2, 0.25) is 0 Å². The maximum atomic E-state index is 11.5. The predicted molar refractivity (Wildman–Crippen MR) is 78.8 cm³/mol. The molecule has 6 heteroatoms. The molecule has 0 atom stereocenters. The van der Waals surface area contributed by atoms with Crippen LogP contribution in [-0.2, 0) is 0 Å². The summed E-state index contributed by atoms with van der Waals surface area (Å²) in [5.41, 5.74) is 2.40. The van der Waals surface area contributed by atoms with E-state index in [1.165, 1.54) is 11.8 Å². The Morgan fingerprint density at radius 3 is 2.86 bits per heavy atom. The van der Waals surface area contributed by atoms with Crippen molar-refractivity contribution in [2.45, 2.75) is 23.9 Å². The average Bonchev–Trinajstić information content (AvgIpc) is 2.86. The van der Waals surface area contributed by atoms with Gasteiger partial charge in [0.1, 0.15) is 15.6 Å². The van der Waals surface area contributed by atoms with Crippen LogP contribution >= 0.6 is 11.8 Å². The van der Waals surface area contributed by atoms with Gasteiger partial charge in [-0.25, -0.2) is 14.8 Å². The Morgan fingerprint density at radius 1 is 1.29 bits per heavy atom. The number of carbonyl (C=O) groups is 1. The number of pyridine rings is 2. The van der Waals surface area contributed by atoms with E-state index in [1.54, 1.807) is 31.5 Å². The minimum atomic E-state index is -0.984. The summed E-state index contributed by atoms with van der Waals surface area (Å²) in [7, 11) is 0. The summed E-state index contributed by atoms with van der Waals surface area (Å²) in [6.07, 6.45) is 3.22. The maximum absolute atomic E-state index is 11.5. The number of aromatic carboxylic acids is 1. The van der Waals surface area contributed by atoms with Crippen LogP contribution in [0.4, 0.5) is 0 Å². The highest BCUT2D eigenvalue weighted by Gasteiger charge is 2.18. The van der Waals surface area contributed by atoms with Crippen molar-refractivity contribution in [3.63, 3.8) is 0 Å². The van der Waals surface area contributed by atoms with Gasteiger partial charge in [-0.1, -0.05) is 0 Å². The molecule has 0 aromatic carbocycles. The Morgan fingerprint density at radius 2 is 2.10 bits per heavy atom. The largest absolute Gasteiger partial charge is 0.478 e. The van der Waals surface area contributed by atoms with Gasteiger partial charge >= 0.3 is 5.97 Å². The number of nitrogens with zero attached hydrogens (tertiary/aromatic N) is 2. The van der Waals surface area contributed by atoms with Gasteiger partial charge in [0.15, 0.2) is 0 Å². The van der Waals surface area contributed by atoms with Gasteiger partial charge in [-0.15, -0.1) is 0 Å². The summed E-state index contributed by atoms with van der Waals surface area (Å²) in [5, 5.41) is 11.4. The third-order valence-corrected chi connectivity index (χ3v) is 4.07. The Kier molecular flexibility index (Phi) is 3.39. The standard InChI is InChI=1S/C15H12N2O3S/c1-8-7-9(2)17-14(12(8)15(18)19)21-13-10-4-6-20-11(10)3-5-16-13/h3-7H,1-2H3,(H,18,19). The van der Waals surface area contributed by atoms with Crippen molar-refractivity contribution in [3.05, 3.63) is 47.5 Å². The number of aromatic nitrogens is 2.